The summed E-state index contributed by atoms with van der Waals surface area (Å²) in [4.78, 5) is 37.9. The lowest BCUT2D eigenvalue weighted by atomic mass is 10.1. The molecule has 0 spiro atoms. The summed E-state index contributed by atoms with van der Waals surface area (Å²) >= 11 is 0. The average Bonchev–Trinajstić information content (AvgIpc) is 3.42. The number of ether oxygens (including phenoxy) is 2. The van der Waals surface area contributed by atoms with Crippen molar-refractivity contribution in [2.75, 3.05) is 47.5 Å². The van der Waals surface area contributed by atoms with Crippen molar-refractivity contribution in [2.45, 2.75) is 200 Å². The van der Waals surface area contributed by atoms with E-state index >= 15 is 0 Å². The van der Waals surface area contributed by atoms with Crippen LogP contribution >= 0.6 is 7.82 Å². The highest BCUT2D eigenvalue weighted by atomic mass is 31.2. The third-order valence-corrected chi connectivity index (χ3v) is 12.9. The highest BCUT2D eigenvalue weighted by molar-refractivity contribution is 7.45. The highest BCUT2D eigenvalue weighted by Crippen LogP contribution is 2.38. The predicted octanol–water partition coefficient (Wildman–Crippen LogP) is 19.0. The molecule has 0 aromatic rings. The third-order valence-electron chi connectivity index (χ3n) is 11.9. The third kappa shape index (κ3) is 62.3. The molecule has 0 aliphatic carbocycles. The maximum Gasteiger partial charge on any atom is 0.306 e. The monoisotopic (exact) mass is 1120 g/mol. The first kappa shape index (κ1) is 75.1. The zero-order valence-electron chi connectivity index (χ0n) is 50.7. The zero-order chi connectivity index (χ0) is 58.4. The normalized spacial score (nSPS) is 14.5. The molecule has 0 bridgehead atoms. The molecule has 0 N–H and O–H groups in total. The van der Waals surface area contributed by atoms with Crippen molar-refractivity contribution in [3.63, 3.8) is 0 Å². The van der Waals surface area contributed by atoms with Gasteiger partial charge >= 0.3 is 11.9 Å². The van der Waals surface area contributed by atoms with E-state index in [0.717, 1.165) is 135 Å². The van der Waals surface area contributed by atoms with Gasteiger partial charge in [-0.25, -0.2) is 0 Å². The molecule has 9 nitrogen and oxygen atoms in total. The maximum atomic E-state index is 12.8. The van der Waals surface area contributed by atoms with Crippen LogP contribution in [0.3, 0.4) is 0 Å². The number of esters is 2. The topological polar surface area (TPSA) is 111 Å². The van der Waals surface area contributed by atoms with Crippen molar-refractivity contribution in [3.05, 3.63) is 182 Å². The Morgan fingerprint density at radius 1 is 0.388 bits per heavy atom. The SMILES string of the molecule is CC/C=C\C/C=C\C/C=C\C/C=C\C/C=C\C/C=C\C/C=C\C/C=C\CCCCC(=O)OC(COC(=O)CCCCCCCCC/C=C\C/C=C\C/C=C\C/C=C\C/C=C\C/C=C\C/C=C\CC)COP(=O)([O-])OCC[N+](C)(C)C. The summed E-state index contributed by atoms with van der Waals surface area (Å²) in [6.07, 6.45) is 90.8. The molecular formula is C70H110NO8P. The molecule has 0 saturated heterocycles. The van der Waals surface area contributed by atoms with Gasteiger partial charge in [0.1, 0.15) is 19.8 Å². The molecule has 0 fully saturated rings. The van der Waals surface area contributed by atoms with E-state index in [-0.39, 0.29) is 26.1 Å². The number of allylic oxidation sites excluding steroid dienone is 30. The smallest absolute Gasteiger partial charge is 0.306 e. The summed E-state index contributed by atoms with van der Waals surface area (Å²) in [5.41, 5.74) is 0. The number of unbranched alkanes of at least 4 members (excludes halogenated alkanes) is 9. The van der Waals surface area contributed by atoms with E-state index in [4.69, 9.17) is 18.5 Å². The molecule has 0 radical (unpaired) electrons. The van der Waals surface area contributed by atoms with Crippen molar-refractivity contribution in [2.24, 2.45) is 0 Å². The van der Waals surface area contributed by atoms with Crippen LogP contribution in [0.5, 0.6) is 0 Å². The number of nitrogens with zero attached hydrogens (tertiary/aromatic N) is 1. The van der Waals surface area contributed by atoms with Crippen LogP contribution in [0.15, 0.2) is 182 Å². The largest absolute Gasteiger partial charge is 0.756 e. The van der Waals surface area contributed by atoms with Gasteiger partial charge in [-0.15, -0.1) is 0 Å². The van der Waals surface area contributed by atoms with Crippen molar-refractivity contribution in [1.82, 2.24) is 0 Å². The molecule has 0 rings (SSSR count). The first-order chi connectivity index (χ1) is 39.0. The molecule has 448 valence electrons. The van der Waals surface area contributed by atoms with Gasteiger partial charge in [0.25, 0.3) is 7.82 Å². The molecule has 80 heavy (non-hydrogen) atoms. The van der Waals surface area contributed by atoms with Gasteiger partial charge in [0.05, 0.1) is 27.7 Å². The Morgan fingerprint density at radius 2 is 0.675 bits per heavy atom. The van der Waals surface area contributed by atoms with Crippen molar-refractivity contribution >= 4 is 19.8 Å². The lowest BCUT2D eigenvalue weighted by Gasteiger charge is -2.28. The quantitative estimate of drug-likeness (QED) is 0.0195. The number of rotatable bonds is 53. The Kier molecular flexibility index (Phi) is 55.2. The van der Waals surface area contributed by atoms with Gasteiger partial charge in [-0.05, 0) is 135 Å². The lowest BCUT2D eigenvalue weighted by molar-refractivity contribution is -0.870. The van der Waals surface area contributed by atoms with Gasteiger partial charge in [0, 0.05) is 12.8 Å². The summed E-state index contributed by atoms with van der Waals surface area (Å²) in [5, 5.41) is 0. The van der Waals surface area contributed by atoms with E-state index in [1.807, 2.05) is 21.1 Å². The first-order valence-corrected chi connectivity index (χ1v) is 32.0. The van der Waals surface area contributed by atoms with Gasteiger partial charge in [-0.1, -0.05) is 228 Å². The number of likely N-dealkylation sites (N-methyl/N-ethyl adjacent to an activating group) is 1. The Labute approximate surface area is 489 Å². The van der Waals surface area contributed by atoms with Crippen LogP contribution in [0.2, 0.25) is 0 Å². The molecule has 0 aromatic carbocycles. The summed E-state index contributed by atoms with van der Waals surface area (Å²) < 4.78 is 34.1. The Balaban J connectivity index is 4.33. The van der Waals surface area contributed by atoms with E-state index in [1.54, 1.807) is 0 Å². The second-order valence-electron chi connectivity index (χ2n) is 20.6. The number of quaternary nitrogens is 1. The maximum absolute atomic E-state index is 12.8. The lowest BCUT2D eigenvalue weighted by Crippen LogP contribution is -2.37. The number of carbonyl (C=O) groups is 2. The number of hydrogen-bond donors (Lipinski definition) is 0. The summed E-state index contributed by atoms with van der Waals surface area (Å²) in [7, 11) is 1.10. The van der Waals surface area contributed by atoms with Crippen LogP contribution in [0.4, 0.5) is 0 Å². The van der Waals surface area contributed by atoms with Crippen molar-refractivity contribution < 1.29 is 42.1 Å². The first-order valence-electron chi connectivity index (χ1n) is 30.5. The zero-order valence-corrected chi connectivity index (χ0v) is 51.6. The van der Waals surface area contributed by atoms with Crippen LogP contribution in [0.25, 0.3) is 0 Å². The molecule has 0 aliphatic rings. The van der Waals surface area contributed by atoms with E-state index in [0.29, 0.717) is 23.9 Å². The summed E-state index contributed by atoms with van der Waals surface area (Å²) in [6, 6.07) is 0. The summed E-state index contributed by atoms with van der Waals surface area (Å²) in [6.45, 7) is 3.91. The molecule has 0 heterocycles. The number of hydrogen-bond acceptors (Lipinski definition) is 8. The summed E-state index contributed by atoms with van der Waals surface area (Å²) in [5.74, 6) is -0.915. The standard InChI is InChI=1S/C70H110NO8P/c1-6-8-10-12-14-16-18-20-22-24-26-28-30-32-34-35-37-38-40-42-44-46-48-50-52-54-56-58-60-62-69(72)76-66-68(67-78-80(74,75)77-65-64-71(3,4)5)79-70(73)63-61-59-57-55-53-51-49-47-45-43-41-39-36-33-31-29-27-25-23-21-19-17-15-13-11-9-7-2/h8-11,14-17,20-23,26-29,32-34,36-38,41-44,47,49,53,55,68H,6-7,12-13,18-19,24-25,30-31,35,39-40,45-46,48,50-52,54,56-67H2,1-5H3/b10-8-,11-9-,16-14-,17-15-,22-20-,23-21-,28-26-,29-27-,34-32-,36-33-,38-37-,43-41-,44-42-,49-47-,55-53-. The van der Waals surface area contributed by atoms with Gasteiger partial charge in [0.2, 0.25) is 0 Å². The van der Waals surface area contributed by atoms with E-state index in [2.05, 4.69) is 196 Å². The second kappa shape index (κ2) is 58.8. The van der Waals surface area contributed by atoms with Crippen LogP contribution in [0.1, 0.15) is 194 Å². The second-order valence-corrected chi connectivity index (χ2v) is 22.0. The van der Waals surface area contributed by atoms with Crippen LogP contribution in [-0.4, -0.2) is 70.0 Å². The fourth-order valence-corrected chi connectivity index (χ4v) is 8.03. The number of phosphoric ester groups is 1. The van der Waals surface area contributed by atoms with Gasteiger partial charge < -0.3 is 27.9 Å². The minimum Gasteiger partial charge on any atom is -0.756 e. The predicted molar refractivity (Wildman–Crippen MR) is 341 cm³/mol. The van der Waals surface area contributed by atoms with Crippen LogP contribution < -0.4 is 4.89 Å². The Morgan fingerprint density at radius 3 is 1.02 bits per heavy atom. The molecule has 0 aliphatic heterocycles. The fraction of sp³-hybridized carbons (Fsp3) is 0.543. The van der Waals surface area contributed by atoms with Crippen molar-refractivity contribution in [1.29, 1.82) is 0 Å². The highest BCUT2D eigenvalue weighted by Gasteiger charge is 2.21. The van der Waals surface area contributed by atoms with Crippen LogP contribution in [0, 0.1) is 0 Å². The Bertz CT molecular complexity index is 2000. The van der Waals surface area contributed by atoms with Gasteiger partial charge in [-0.3, -0.25) is 14.2 Å². The minimum absolute atomic E-state index is 0.0531. The van der Waals surface area contributed by atoms with E-state index < -0.39 is 32.5 Å². The molecule has 2 unspecified atom stereocenters. The van der Waals surface area contributed by atoms with E-state index in [9.17, 15) is 19.0 Å². The molecular weight excluding hydrogens is 1010 g/mol. The Hall–Kier alpha value is -4.89. The molecule has 0 aromatic heterocycles. The molecule has 2 atom stereocenters. The molecule has 10 heteroatoms. The minimum atomic E-state index is -4.67. The van der Waals surface area contributed by atoms with Crippen LogP contribution in [-0.2, 0) is 32.7 Å². The average molecular weight is 1120 g/mol. The number of phosphoric acid groups is 1. The van der Waals surface area contributed by atoms with E-state index in [1.165, 1.54) is 19.3 Å². The fourth-order valence-electron chi connectivity index (χ4n) is 7.30. The van der Waals surface area contributed by atoms with Crippen molar-refractivity contribution in [3.8, 4) is 0 Å². The number of carbonyl (C=O) groups excluding carboxylic acids is 2. The molecule has 0 saturated carbocycles. The van der Waals surface area contributed by atoms with Gasteiger partial charge in [-0.2, -0.15) is 0 Å². The molecule has 0 amide bonds. The van der Waals surface area contributed by atoms with Gasteiger partial charge in [0.15, 0.2) is 6.10 Å².